The Morgan fingerprint density at radius 2 is 1.97 bits per heavy atom. The van der Waals surface area contributed by atoms with Gasteiger partial charge in [0.2, 0.25) is 0 Å². The van der Waals surface area contributed by atoms with E-state index in [9.17, 15) is 18.4 Å². The molecular formula is C22H20F2N2O3. The molecule has 0 radical (unpaired) electrons. The summed E-state index contributed by atoms with van der Waals surface area (Å²) in [5.41, 5.74) is 0.972. The number of fused-ring (bicyclic) bond motifs is 1. The molecule has 29 heavy (non-hydrogen) atoms. The van der Waals surface area contributed by atoms with Gasteiger partial charge in [-0.25, -0.2) is 18.6 Å². The second-order valence-electron chi connectivity index (χ2n) is 6.43. The van der Waals surface area contributed by atoms with Gasteiger partial charge in [0.1, 0.15) is 17.5 Å². The van der Waals surface area contributed by atoms with Crippen LogP contribution in [0.15, 0.2) is 41.2 Å². The molecule has 0 N–H and O–H groups in total. The lowest BCUT2D eigenvalue weighted by Gasteiger charge is -2.15. The SMILES string of the molecule is CCOC(=O)/C=C/c1cc2c(=O)n(-c3ccc(F)cc3C)c(CC)nc2cc1F. The number of aromatic nitrogens is 2. The first kappa shape index (κ1) is 20.4. The van der Waals surface area contributed by atoms with E-state index >= 15 is 0 Å². The maximum Gasteiger partial charge on any atom is 0.330 e. The molecule has 3 rings (SSSR count). The molecule has 7 heteroatoms. The van der Waals surface area contributed by atoms with Gasteiger partial charge in [-0.2, -0.15) is 0 Å². The summed E-state index contributed by atoms with van der Waals surface area (Å²) in [7, 11) is 0. The lowest BCUT2D eigenvalue weighted by atomic mass is 10.1. The van der Waals surface area contributed by atoms with Crippen LogP contribution in [0.1, 0.15) is 30.8 Å². The molecule has 0 aliphatic heterocycles. The quantitative estimate of drug-likeness (QED) is 0.479. The number of carbonyl (C=O) groups excluding carboxylic acids is 1. The van der Waals surface area contributed by atoms with Gasteiger partial charge in [-0.3, -0.25) is 9.36 Å². The van der Waals surface area contributed by atoms with Gasteiger partial charge < -0.3 is 4.74 Å². The molecule has 0 unspecified atom stereocenters. The summed E-state index contributed by atoms with van der Waals surface area (Å²) < 4.78 is 34.2. The Bertz CT molecular complexity index is 1180. The van der Waals surface area contributed by atoms with Crippen molar-refractivity contribution in [1.29, 1.82) is 0 Å². The molecule has 1 heterocycles. The van der Waals surface area contributed by atoms with Crippen LogP contribution >= 0.6 is 0 Å². The smallest absolute Gasteiger partial charge is 0.330 e. The Kier molecular flexibility index (Phi) is 5.87. The highest BCUT2D eigenvalue weighted by atomic mass is 19.1. The topological polar surface area (TPSA) is 61.2 Å². The van der Waals surface area contributed by atoms with Crippen molar-refractivity contribution in [3.8, 4) is 5.69 Å². The third-order valence-corrected chi connectivity index (χ3v) is 4.46. The van der Waals surface area contributed by atoms with Crippen molar-refractivity contribution in [3.05, 3.63) is 75.3 Å². The van der Waals surface area contributed by atoms with Crippen LogP contribution in [0.5, 0.6) is 0 Å². The van der Waals surface area contributed by atoms with Crippen LogP contribution in [0.25, 0.3) is 22.7 Å². The molecule has 5 nitrogen and oxygen atoms in total. The van der Waals surface area contributed by atoms with E-state index in [0.717, 1.165) is 6.08 Å². The van der Waals surface area contributed by atoms with Crippen LogP contribution in [-0.4, -0.2) is 22.1 Å². The van der Waals surface area contributed by atoms with Crippen LogP contribution in [0, 0.1) is 18.6 Å². The van der Waals surface area contributed by atoms with E-state index in [1.807, 2.05) is 6.92 Å². The molecular weight excluding hydrogens is 378 g/mol. The number of aryl methyl sites for hydroxylation is 2. The fraction of sp³-hybridized carbons (Fsp3) is 0.227. The second-order valence-corrected chi connectivity index (χ2v) is 6.43. The lowest BCUT2D eigenvalue weighted by Crippen LogP contribution is -2.24. The maximum absolute atomic E-state index is 14.5. The average molecular weight is 398 g/mol. The van der Waals surface area contributed by atoms with Gasteiger partial charge in [0, 0.05) is 24.1 Å². The van der Waals surface area contributed by atoms with Crippen molar-refractivity contribution in [3.63, 3.8) is 0 Å². The zero-order valence-electron chi connectivity index (χ0n) is 16.3. The first-order chi connectivity index (χ1) is 13.8. The minimum Gasteiger partial charge on any atom is -0.463 e. The zero-order valence-corrected chi connectivity index (χ0v) is 16.3. The van der Waals surface area contributed by atoms with Crippen molar-refractivity contribution in [2.24, 2.45) is 0 Å². The van der Waals surface area contributed by atoms with Crippen LogP contribution < -0.4 is 5.56 Å². The number of hydrogen-bond acceptors (Lipinski definition) is 4. The van der Waals surface area contributed by atoms with Gasteiger partial charge in [0.15, 0.2) is 0 Å². The molecule has 0 aliphatic rings. The van der Waals surface area contributed by atoms with Gasteiger partial charge in [-0.1, -0.05) is 6.92 Å². The zero-order chi connectivity index (χ0) is 21.1. The van der Waals surface area contributed by atoms with Gasteiger partial charge >= 0.3 is 5.97 Å². The molecule has 1 aromatic heterocycles. The molecule has 0 atom stereocenters. The Morgan fingerprint density at radius 1 is 1.21 bits per heavy atom. The van der Waals surface area contributed by atoms with Crippen LogP contribution in [-0.2, 0) is 16.0 Å². The van der Waals surface area contributed by atoms with E-state index in [1.54, 1.807) is 13.8 Å². The summed E-state index contributed by atoms with van der Waals surface area (Å²) in [5, 5.41) is 0.191. The Balaban J connectivity index is 2.23. The van der Waals surface area contributed by atoms with E-state index in [2.05, 4.69) is 4.98 Å². The minimum atomic E-state index is -0.609. The van der Waals surface area contributed by atoms with E-state index in [1.165, 1.54) is 41.0 Å². The standard InChI is InChI=1S/C22H20F2N2O3/c1-4-20-25-18-12-17(24)14(6-9-21(27)29-5-2)11-16(18)22(28)26(20)19-8-7-15(23)10-13(19)3/h6-12H,4-5H2,1-3H3/b9-6+. The highest BCUT2D eigenvalue weighted by molar-refractivity contribution is 5.88. The van der Waals surface area contributed by atoms with Crippen molar-refractivity contribution in [2.75, 3.05) is 6.61 Å². The van der Waals surface area contributed by atoms with E-state index < -0.39 is 23.2 Å². The summed E-state index contributed by atoms with van der Waals surface area (Å²) in [4.78, 5) is 29.2. The largest absolute Gasteiger partial charge is 0.463 e. The van der Waals surface area contributed by atoms with Gasteiger partial charge in [-0.05, 0) is 49.8 Å². The number of carbonyl (C=O) groups is 1. The Labute approximate surface area is 166 Å². The first-order valence-corrected chi connectivity index (χ1v) is 9.22. The second kappa shape index (κ2) is 8.34. The van der Waals surface area contributed by atoms with Crippen LogP contribution in [0.4, 0.5) is 8.78 Å². The van der Waals surface area contributed by atoms with Crippen LogP contribution in [0.3, 0.4) is 0 Å². The Morgan fingerprint density at radius 3 is 2.62 bits per heavy atom. The number of rotatable bonds is 5. The molecule has 3 aromatic rings. The number of esters is 1. The molecule has 0 fully saturated rings. The number of halogens is 2. The predicted molar refractivity (Wildman–Crippen MR) is 107 cm³/mol. The Hall–Kier alpha value is -3.35. The highest BCUT2D eigenvalue weighted by Gasteiger charge is 2.15. The molecule has 0 aliphatic carbocycles. The lowest BCUT2D eigenvalue weighted by molar-refractivity contribution is -0.137. The number of ether oxygens (including phenoxy) is 1. The van der Waals surface area contributed by atoms with Crippen molar-refractivity contribution < 1.29 is 18.3 Å². The molecule has 0 bridgehead atoms. The summed E-state index contributed by atoms with van der Waals surface area (Å²) >= 11 is 0. The molecule has 0 amide bonds. The number of hydrogen-bond donors (Lipinski definition) is 0. The van der Waals surface area contributed by atoms with Crippen molar-refractivity contribution >= 4 is 22.9 Å². The normalized spacial score (nSPS) is 11.3. The van der Waals surface area contributed by atoms with Gasteiger partial charge in [0.05, 0.1) is 23.2 Å². The summed E-state index contributed by atoms with van der Waals surface area (Å²) in [6.07, 6.45) is 2.78. The molecule has 0 saturated carbocycles. The fourth-order valence-electron chi connectivity index (χ4n) is 3.10. The summed E-state index contributed by atoms with van der Waals surface area (Å²) in [6.45, 7) is 5.40. The van der Waals surface area contributed by atoms with Crippen molar-refractivity contribution in [1.82, 2.24) is 9.55 Å². The van der Waals surface area contributed by atoms with E-state index in [4.69, 9.17) is 4.74 Å². The maximum atomic E-state index is 14.5. The van der Waals surface area contributed by atoms with Crippen LogP contribution in [0.2, 0.25) is 0 Å². The molecule has 2 aromatic carbocycles. The van der Waals surface area contributed by atoms with Gasteiger partial charge in [-0.15, -0.1) is 0 Å². The van der Waals surface area contributed by atoms with E-state index in [-0.39, 0.29) is 23.1 Å². The van der Waals surface area contributed by atoms with Gasteiger partial charge in [0.25, 0.3) is 5.56 Å². The van der Waals surface area contributed by atoms with Crippen molar-refractivity contribution in [2.45, 2.75) is 27.2 Å². The molecule has 150 valence electrons. The van der Waals surface area contributed by atoms with E-state index in [0.29, 0.717) is 23.5 Å². The molecule has 0 saturated heterocycles. The number of nitrogens with zero attached hydrogens (tertiary/aromatic N) is 2. The summed E-state index contributed by atoms with van der Waals surface area (Å²) in [5.74, 6) is -1.18. The average Bonchev–Trinajstić information content (AvgIpc) is 2.67. The minimum absolute atomic E-state index is 0.0658. The third kappa shape index (κ3) is 4.08. The highest BCUT2D eigenvalue weighted by Crippen LogP contribution is 2.21. The number of benzene rings is 2. The third-order valence-electron chi connectivity index (χ3n) is 4.46. The monoisotopic (exact) mass is 398 g/mol. The predicted octanol–water partition coefficient (Wildman–Crippen LogP) is 4.11. The first-order valence-electron chi connectivity index (χ1n) is 9.22. The molecule has 0 spiro atoms. The summed E-state index contributed by atoms with van der Waals surface area (Å²) in [6, 6.07) is 6.65. The fourth-order valence-corrected chi connectivity index (χ4v) is 3.10.